The Morgan fingerprint density at radius 3 is 2.89 bits per heavy atom. The summed E-state index contributed by atoms with van der Waals surface area (Å²) in [5.41, 5.74) is 4.98. The Bertz CT molecular complexity index is 132. The maximum atomic E-state index is 9.65. The summed E-state index contributed by atoms with van der Waals surface area (Å²) in [7, 11) is 0. The number of nitrogens with two attached hydrogens (primary N) is 1. The van der Waals surface area contributed by atoms with Crippen molar-refractivity contribution in [3.8, 4) is 0 Å². The SMILES string of the molecule is CCO/C(N)=C\[N+](=O)[O-]. The Morgan fingerprint density at radius 1 is 2.00 bits per heavy atom. The molecule has 0 heterocycles. The van der Waals surface area contributed by atoms with Gasteiger partial charge in [-0.1, -0.05) is 0 Å². The van der Waals surface area contributed by atoms with Gasteiger partial charge in [0.2, 0.25) is 0 Å². The van der Waals surface area contributed by atoms with Gasteiger partial charge in [0.1, 0.15) is 0 Å². The second kappa shape index (κ2) is 3.71. The van der Waals surface area contributed by atoms with Gasteiger partial charge in [0.25, 0.3) is 12.1 Å². The quantitative estimate of drug-likeness (QED) is 0.334. The van der Waals surface area contributed by atoms with Crippen molar-refractivity contribution in [3.63, 3.8) is 0 Å². The number of nitrogens with zero attached hydrogens (tertiary/aromatic N) is 1. The molecule has 5 heteroatoms. The van der Waals surface area contributed by atoms with Crippen molar-refractivity contribution in [3.05, 3.63) is 22.2 Å². The van der Waals surface area contributed by atoms with Crippen LogP contribution in [0.1, 0.15) is 6.92 Å². The Labute approximate surface area is 52.3 Å². The third-order valence-corrected chi connectivity index (χ3v) is 0.544. The van der Waals surface area contributed by atoms with Crippen LogP contribution in [-0.4, -0.2) is 11.5 Å². The minimum absolute atomic E-state index is 0.164. The average Bonchev–Trinajstić information content (AvgIpc) is 1.63. The van der Waals surface area contributed by atoms with Crippen LogP contribution < -0.4 is 5.73 Å². The Hall–Kier alpha value is -1.26. The third-order valence-electron chi connectivity index (χ3n) is 0.544. The van der Waals surface area contributed by atoms with Crippen LogP contribution in [0.25, 0.3) is 0 Å². The molecule has 5 nitrogen and oxygen atoms in total. The molecule has 0 atom stereocenters. The van der Waals surface area contributed by atoms with Gasteiger partial charge in [0.05, 0.1) is 11.5 Å². The predicted molar refractivity (Wildman–Crippen MR) is 30.9 cm³/mol. The maximum absolute atomic E-state index is 9.65. The van der Waals surface area contributed by atoms with E-state index < -0.39 is 4.92 Å². The zero-order chi connectivity index (χ0) is 7.28. The van der Waals surface area contributed by atoms with Gasteiger partial charge < -0.3 is 10.5 Å². The molecular formula is C4H8N2O3. The van der Waals surface area contributed by atoms with Crippen LogP contribution in [0.5, 0.6) is 0 Å². The smallest absolute Gasteiger partial charge is 0.293 e. The predicted octanol–water partition coefficient (Wildman–Crippen LogP) is 0.0572. The minimum atomic E-state index is -0.662. The molecule has 0 amide bonds. The van der Waals surface area contributed by atoms with Gasteiger partial charge in [-0.05, 0) is 6.92 Å². The largest absolute Gasteiger partial charge is 0.475 e. The Kier molecular flexibility index (Phi) is 3.19. The van der Waals surface area contributed by atoms with E-state index in [1.807, 2.05) is 0 Å². The summed E-state index contributed by atoms with van der Waals surface area (Å²) in [5.74, 6) is -0.164. The van der Waals surface area contributed by atoms with E-state index in [1.54, 1.807) is 6.92 Å². The first-order chi connectivity index (χ1) is 4.16. The molecule has 0 rings (SSSR count). The summed E-state index contributed by atoms with van der Waals surface area (Å²) in [6, 6.07) is 0. The second-order valence-electron chi connectivity index (χ2n) is 1.25. The topological polar surface area (TPSA) is 78.4 Å². The molecule has 0 aliphatic carbocycles. The number of ether oxygens (including phenoxy) is 1. The van der Waals surface area contributed by atoms with Crippen LogP contribution in [-0.2, 0) is 4.74 Å². The lowest BCUT2D eigenvalue weighted by Crippen LogP contribution is -2.04. The highest BCUT2D eigenvalue weighted by molar-refractivity contribution is 4.77. The van der Waals surface area contributed by atoms with E-state index in [0.29, 0.717) is 12.8 Å². The molecule has 0 saturated heterocycles. The Balaban J connectivity index is 3.69. The van der Waals surface area contributed by atoms with Crippen molar-refractivity contribution in [1.82, 2.24) is 0 Å². The summed E-state index contributed by atoms with van der Waals surface area (Å²) >= 11 is 0. The van der Waals surface area contributed by atoms with Gasteiger partial charge >= 0.3 is 0 Å². The minimum Gasteiger partial charge on any atom is -0.475 e. The summed E-state index contributed by atoms with van der Waals surface area (Å²) in [6.07, 6.45) is 0.615. The fraction of sp³-hybridized carbons (Fsp3) is 0.500. The third kappa shape index (κ3) is 4.60. The molecule has 0 saturated carbocycles. The normalized spacial score (nSPS) is 11.0. The van der Waals surface area contributed by atoms with Gasteiger partial charge in [-0.2, -0.15) is 0 Å². The lowest BCUT2D eigenvalue weighted by molar-refractivity contribution is -0.405. The fourth-order valence-corrected chi connectivity index (χ4v) is 0.308. The van der Waals surface area contributed by atoms with Crippen molar-refractivity contribution in [2.45, 2.75) is 6.92 Å². The summed E-state index contributed by atoms with van der Waals surface area (Å²) in [4.78, 5) is 8.99. The van der Waals surface area contributed by atoms with Crippen LogP contribution in [0, 0.1) is 10.1 Å². The van der Waals surface area contributed by atoms with Gasteiger partial charge in [0.15, 0.2) is 0 Å². The van der Waals surface area contributed by atoms with Crippen molar-refractivity contribution < 1.29 is 9.66 Å². The molecule has 0 spiro atoms. The van der Waals surface area contributed by atoms with E-state index in [2.05, 4.69) is 4.74 Å². The zero-order valence-corrected chi connectivity index (χ0v) is 5.03. The zero-order valence-electron chi connectivity index (χ0n) is 5.03. The molecule has 0 aromatic heterocycles. The molecule has 9 heavy (non-hydrogen) atoms. The highest BCUT2D eigenvalue weighted by Gasteiger charge is 1.93. The maximum Gasteiger partial charge on any atom is 0.293 e. The lowest BCUT2D eigenvalue weighted by Gasteiger charge is -1.95. The van der Waals surface area contributed by atoms with Crippen LogP contribution in [0.15, 0.2) is 12.1 Å². The standard InChI is InChI=1S/C4H8N2O3/c1-2-9-4(5)3-6(7)8/h3H,2,5H2,1H3/b4-3-. The first kappa shape index (κ1) is 7.74. The first-order valence-corrected chi connectivity index (χ1v) is 2.40. The van der Waals surface area contributed by atoms with Crippen molar-refractivity contribution in [1.29, 1.82) is 0 Å². The molecule has 0 unspecified atom stereocenters. The second-order valence-corrected chi connectivity index (χ2v) is 1.25. The molecule has 52 valence electrons. The molecule has 0 radical (unpaired) electrons. The highest BCUT2D eigenvalue weighted by atomic mass is 16.6. The van der Waals surface area contributed by atoms with Gasteiger partial charge in [-0.25, -0.2) is 0 Å². The molecule has 0 aliphatic rings. The summed E-state index contributed by atoms with van der Waals surface area (Å²) in [6.45, 7) is 2.04. The lowest BCUT2D eigenvalue weighted by atomic mass is 10.8. The van der Waals surface area contributed by atoms with E-state index in [9.17, 15) is 10.1 Å². The van der Waals surface area contributed by atoms with Crippen LogP contribution in [0.3, 0.4) is 0 Å². The molecule has 0 aliphatic heterocycles. The fourth-order valence-electron chi connectivity index (χ4n) is 0.308. The molecule has 2 N–H and O–H groups in total. The van der Waals surface area contributed by atoms with E-state index in [1.165, 1.54) is 0 Å². The van der Waals surface area contributed by atoms with E-state index in [-0.39, 0.29) is 5.88 Å². The van der Waals surface area contributed by atoms with Crippen LogP contribution in [0.2, 0.25) is 0 Å². The molecule has 0 fully saturated rings. The van der Waals surface area contributed by atoms with Crippen molar-refractivity contribution in [2.24, 2.45) is 5.73 Å². The Morgan fingerprint density at radius 2 is 2.56 bits per heavy atom. The monoisotopic (exact) mass is 132 g/mol. The first-order valence-electron chi connectivity index (χ1n) is 2.40. The van der Waals surface area contributed by atoms with E-state index in [0.717, 1.165) is 0 Å². The van der Waals surface area contributed by atoms with Crippen molar-refractivity contribution >= 4 is 0 Å². The van der Waals surface area contributed by atoms with Gasteiger partial charge in [-0.3, -0.25) is 10.1 Å². The van der Waals surface area contributed by atoms with E-state index >= 15 is 0 Å². The number of hydrogen-bond donors (Lipinski definition) is 1. The molecular weight excluding hydrogens is 124 g/mol. The molecule has 0 aromatic carbocycles. The molecule has 0 aromatic rings. The van der Waals surface area contributed by atoms with Crippen LogP contribution in [0.4, 0.5) is 0 Å². The van der Waals surface area contributed by atoms with Gasteiger partial charge in [0, 0.05) is 0 Å². The molecule has 0 bridgehead atoms. The van der Waals surface area contributed by atoms with Crippen LogP contribution >= 0.6 is 0 Å². The number of nitro groups is 1. The summed E-state index contributed by atoms with van der Waals surface area (Å²) < 4.78 is 4.55. The number of hydrogen-bond acceptors (Lipinski definition) is 4. The van der Waals surface area contributed by atoms with Gasteiger partial charge in [-0.15, -0.1) is 0 Å². The summed E-state index contributed by atoms with van der Waals surface area (Å²) in [5, 5.41) is 9.65. The average molecular weight is 132 g/mol. The highest BCUT2D eigenvalue weighted by Crippen LogP contribution is 1.85. The number of rotatable bonds is 3. The van der Waals surface area contributed by atoms with E-state index in [4.69, 9.17) is 5.73 Å². The van der Waals surface area contributed by atoms with Crippen molar-refractivity contribution in [2.75, 3.05) is 6.61 Å².